The van der Waals surface area contributed by atoms with Gasteiger partial charge in [0.05, 0.1) is 5.69 Å². The SMILES string of the molecule is CCn1nc(C)c2c1CCN([C@@H](C(=O)NC)c1ccccc1)[C@H]2CCc1cccc(F)c1. The average molecular weight is 435 g/mol. The van der Waals surface area contributed by atoms with Crippen LogP contribution in [0.15, 0.2) is 54.6 Å². The summed E-state index contributed by atoms with van der Waals surface area (Å²) in [7, 11) is 1.69. The van der Waals surface area contributed by atoms with Crippen LogP contribution >= 0.6 is 0 Å². The second-order valence-corrected chi connectivity index (χ2v) is 8.36. The molecule has 5 nitrogen and oxygen atoms in total. The molecule has 3 aromatic rings. The molecule has 0 fully saturated rings. The predicted molar refractivity (Wildman–Crippen MR) is 124 cm³/mol. The van der Waals surface area contributed by atoms with Crippen molar-refractivity contribution >= 4 is 5.91 Å². The van der Waals surface area contributed by atoms with Crippen molar-refractivity contribution in [3.8, 4) is 0 Å². The summed E-state index contributed by atoms with van der Waals surface area (Å²) >= 11 is 0. The summed E-state index contributed by atoms with van der Waals surface area (Å²) in [6.07, 6.45) is 2.36. The topological polar surface area (TPSA) is 50.2 Å². The molecule has 0 unspecified atom stereocenters. The molecule has 0 saturated heterocycles. The van der Waals surface area contributed by atoms with E-state index in [-0.39, 0.29) is 17.8 Å². The lowest BCUT2D eigenvalue weighted by Crippen LogP contribution is -2.45. The number of amides is 1. The Hall–Kier alpha value is -2.99. The molecule has 0 spiro atoms. The molecule has 4 rings (SSSR count). The molecule has 6 heteroatoms. The molecule has 1 aromatic heterocycles. The van der Waals surface area contributed by atoms with Crippen LogP contribution < -0.4 is 5.32 Å². The van der Waals surface area contributed by atoms with Crippen LogP contribution in [0.2, 0.25) is 0 Å². The van der Waals surface area contributed by atoms with Crippen LogP contribution in [0, 0.1) is 12.7 Å². The first kappa shape index (κ1) is 22.2. The Morgan fingerprint density at radius 3 is 2.69 bits per heavy atom. The lowest BCUT2D eigenvalue weighted by atomic mass is 9.88. The van der Waals surface area contributed by atoms with Gasteiger partial charge in [-0.25, -0.2) is 4.39 Å². The molecular formula is C26H31FN4O. The van der Waals surface area contributed by atoms with Gasteiger partial charge in [0, 0.05) is 43.9 Å². The van der Waals surface area contributed by atoms with Gasteiger partial charge in [0.2, 0.25) is 5.91 Å². The molecule has 0 saturated carbocycles. The molecule has 2 heterocycles. The Bertz CT molecular complexity index is 1080. The lowest BCUT2D eigenvalue weighted by molar-refractivity contribution is -0.127. The fraction of sp³-hybridized carbons (Fsp3) is 0.385. The molecule has 1 N–H and O–H groups in total. The van der Waals surface area contributed by atoms with E-state index in [1.807, 2.05) is 36.4 Å². The van der Waals surface area contributed by atoms with Gasteiger partial charge >= 0.3 is 0 Å². The average Bonchev–Trinajstić information content (AvgIpc) is 3.14. The summed E-state index contributed by atoms with van der Waals surface area (Å²) in [4.78, 5) is 15.4. The van der Waals surface area contributed by atoms with Crippen LogP contribution in [0.1, 0.15) is 53.5 Å². The third-order valence-electron chi connectivity index (χ3n) is 6.46. The summed E-state index contributed by atoms with van der Waals surface area (Å²) in [5.74, 6) is -0.234. The highest BCUT2D eigenvalue weighted by molar-refractivity contribution is 5.83. The van der Waals surface area contributed by atoms with E-state index in [0.717, 1.165) is 49.2 Å². The Balaban J connectivity index is 1.75. The lowest BCUT2D eigenvalue weighted by Gasteiger charge is -2.41. The number of carbonyl (C=O) groups excluding carboxylic acids is 1. The summed E-state index contributed by atoms with van der Waals surface area (Å²) in [6, 6.07) is 16.4. The number of hydrogen-bond acceptors (Lipinski definition) is 3. The zero-order chi connectivity index (χ0) is 22.7. The normalized spacial score (nSPS) is 17.1. The molecule has 32 heavy (non-hydrogen) atoms. The quantitative estimate of drug-likeness (QED) is 0.601. The molecule has 0 radical (unpaired) electrons. The van der Waals surface area contributed by atoms with Gasteiger partial charge in [0.15, 0.2) is 0 Å². The molecular weight excluding hydrogens is 403 g/mol. The smallest absolute Gasteiger partial charge is 0.241 e. The fourth-order valence-corrected chi connectivity index (χ4v) is 5.04. The summed E-state index contributed by atoms with van der Waals surface area (Å²) < 4.78 is 15.9. The predicted octanol–water partition coefficient (Wildman–Crippen LogP) is 4.37. The molecule has 2 aromatic carbocycles. The van der Waals surface area contributed by atoms with E-state index >= 15 is 0 Å². The van der Waals surface area contributed by atoms with Gasteiger partial charge in [0.1, 0.15) is 11.9 Å². The summed E-state index contributed by atoms with van der Waals surface area (Å²) in [6.45, 7) is 5.75. The van der Waals surface area contributed by atoms with Gasteiger partial charge < -0.3 is 5.32 Å². The minimum Gasteiger partial charge on any atom is -0.358 e. The van der Waals surface area contributed by atoms with Crippen molar-refractivity contribution in [2.75, 3.05) is 13.6 Å². The molecule has 1 aliphatic heterocycles. The molecule has 1 amide bonds. The standard InChI is InChI=1S/C26H31FN4O/c1-4-31-23-15-16-30(25(26(32)28-3)20-10-6-5-7-11-20)22(24(23)18(2)29-31)14-13-19-9-8-12-21(27)17-19/h5-12,17,22,25H,4,13-16H2,1-3H3,(H,28,32)/t22-,25+/m0/s1. The number of nitrogens with zero attached hydrogens (tertiary/aromatic N) is 3. The largest absolute Gasteiger partial charge is 0.358 e. The van der Waals surface area contributed by atoms with Crippen LogP contribution in [0.5, 0.6) is 0 Å². The summed E-state index contributed by atoms with van der Waals surface area (Å²) in [5.41, 5.74) is 5.44. The number of likely N-dealkylation sites (N-methyl/N-ethyl adjacent to an activating group) is 1. The van der Waals surface area contributed by atoms with Gasteiger partial charge in [0.25, 0.3) is 0 Å². The third kappa shape index (κ3) is 4.32. The number of benzene rings is 2. The first-order valence-corrected chi connectivity index (χ1v) is 11.4. The van der Waals surface area contributed by atoms with Crippen LogP contribution in [0.4, 0.5) is 4.39 Å². The van der Waals surface area contributed by atoms with E-state index in [1.165, 1.54) is 17.3 Å². The maximum absolute atomic E-state index is 13.8. The second-order valence-electron chi connectivity index (χ2n) is 8.36. The van der Waals surface area contributed by atoms with E-state index in [1.54, 1.807) is 19.2 Å². The highest BCUT2D eigenvalue weighted by atomic mass is 19.1. The number of nitrogens with one attached hydrogen (secondary N) is 1. The molecule has 0 bridgehead atoms. The Morgan fingerprint density at radius 1 is 1.22 bits per heavy atom. The van der Waals surface area contributed by atoms with Crippen molar-refractivity contribution in [3.05, 3.63) is 88.5 Å². The Labute approximate surface area is 189 Å². The Morgan fingerprint density at radius 2 is 2.00 bits per heavy atom. The molecule has 2 atom stereocenters. The number of rotatable bonds is 7. The van der Waals surface area contributed by atoms with Crippen molar-refractivity contribution < 1.29 is 9.18 Å². The molecule has 168 valence electrons. The molecule has 0 aliphatic carbocycles. The van der Waals surface area contributed by atoms with Crippen molar-refractivity contribution in [2.24, 2.45) is 0 Å². The van der Waals surface area contributed by atoms with E-state index in [2.05, 4.69) is 28.7 Å². The number of hydrogen-bond donors (Lipinski definition) is 1. The molecule has 1 aliphatic rings. The van der Waals surface area contributed by atoms with Gasteiger partial charge in [-0.1, -0.05) is 42.5 Å². The maximum atomic E-state index is 13.8. The highest BCUT2D eigenvalue weighted by Gasteiger charge is 2.38. The number of aryl methyl sites for hydroxylation is 3. The van der Waals surface area contributed by atoms with Gasteiger partial charge in [-0.05, 0) is 49.9 Å². The first-order valence-electron chi connectivity index (χ1n) is 11.4. The Kier molecular flexibility index (Phi) is 6.70. The maximum Gasteiger partial charge on any atom is 0.241 e. The zero-order valence-electron chi connectivity index (χ0n) is 19.0. The van der Waals surface area contributed by atoms with Crippen LogP contribution in [-0.4, -0.2) is 34.2 Å². The summed E-state index contributed by atoms with van der Waals surface area (Å²) in [5, 5.41) is 7.66. The van der Waals surface area contributed by atoms with Gasteiger partial charge in [-0.2, -0.15) is 5.10 Å². The second kappa shape index (κ2) is 9.65. The van der Waals surface area contributed by atoms with Crippen molar-refractivity contribution in [1.82, 2.24) is 20.0 Å². The zero-order valence-corrected chi connectivity index (χ0v) is 19.0. The van der Waals surface area contributed by atoms with E-state index in [9.17, 15) is 9.18 Å². The van der Waals surface area contributed by atoms with Gasteiger partial charge in [-0.3, -0.25) is 14.4 Å². The van der Waals surface area contributed by atoms with Crippen molar-refractivity contribution in [1.29, 1.82) is 0 Å². The highest BCUT2D eigenvalue weighted by Crippen LogP contribution is 2.40. The van der Waals surface area contributed by atoms with E-state index < -0.39 is 6.04 Å². The number of carbonyl (C=O) groups is 1. The van der Waals surface area contributed by atoms with Crippen LogP contribution in [-0.2, 0) is 24.2 Å². The van der Waals surface area contributed by atoms with Crippen molar-refractivity contribution in [2.45, 2.75) is 51.7 Å². The minimum absolute atomic E-state index is 0.0176. The third-order valence-corrected chi connectivity index (χ3v) is 6.46. The van der Waals surface area contributed by atoms with Gasteiger partial charge in [-0.15, -0.1) is 0 Å². The number of halogens is 1. The van der Waals surface area contributed by atoms with Crippen LogP contribution in [0.3, 0.4) is 0 Å². The number of fused-ring (bicyclic) bond motifs is 1. The van der Waals surface area contributed by atoms with Crippen LogP contribution in [0.25, 0.3) is 0 Å². The minimum atomic E-state index is -0.392. The van der Waals surface area contributed by atoms with E-state index in [0.29, 0.717) is 0 Å². The number of aromatic nitrogens is 2. The first-order chi connectivity index (χ1) is 15.5. The fourth-order valence-electron chi connectivity index (χ4n) is 5.04. The monoisotopic (exact) mass is 434 g/mol. The van der Waals surface area contributed by atoms with E-state index in [4.69, 9.17) is 5.10 Å². The van der Waals surface area contributed by atoms with Crippen molar-refractivity contribution in [3.63, 3.8) is 0 Å².